The van der Waals surface area contributed by atoms with Crippen LogP contribution in [0.15, 0.2) is 42.5 Å². The molecule has 0 aromatic heterocycles. The van der Waals surface area contributed by atoms with Gasteiger partial charge in [-0.1, -0.05) is 0 Å². The summed E-state index contributed by atoms with van der Waals surface area (Å²) in [5.41, 5.74) is 0.174. The lowest BCUT2D eigenvalue weighted by Crippen LogP contribution is -2.14. The van der Waals surface area contributed by atoms with Gasteiger partial charge in [0, 0.05) is 11.6 Å². The summed E-state index contributed by atoms with van der Waals surface area (Å²) in [6.45, 7) is 0. The Morgan fingerprint density at radius 2 is 1.43 bits per heavy atom. The van der Waals surface area contributed by atoms with Gasteiger partial charge in [0.25, 0.3) is 0 Å². The number of phenolic OH excluding ortho intramolecular Hbond substituents is 1. The van der Waals surface area contributed by atoms with Gasteiger partial charge in [0.2, 0.25) is 11.6 Å². The Balaban J connectivity index is 2.28. The van der Waals surface area contributed by atoms with Crippen molar-refractivity contribution < 1.29 is 24.2 Å². The maximum atomic E-state index is 12.1. The molecule has 0 bridgehead atoms. The van der Waals surface area contributed by atoms with Crippen molar-refractivity contribution >= 4 is 11.6 Å². The van der Waals surface area contributed by atoms with E-state index in [1.807, 2.05) is 0 Å². The molecule has 0 aliphatic carbocycles. The number of ether oxygens (including phenoxy) is 2. The van der Waals surface area contributed by atoms with Crippen LogP contribution in [0.4, 0.5) is 0 Å². The summed E-state index contributed by atoms with van der Waals surface area (Å²) >= 11 is 0. The first kappa shape index (κ1) is 14.6. The van der Waals surface area contributed by atoms with E-state index in [2.05, 4.69) is 0 Å². The van der Waals surface area contributed by atoms with Crippen LogP contribution in [0, 0.1) is 0 Å². The summed E-state index contributed by atoms with van der Waals surface area (Å²) in [4.78, 5) is 24.3. The minimum atomic E-state index is -0.777. The first-order valence-corrected chi connectivity index (χ1v) is 6.17. The number of methoxy groups -OCH3 is 2. The Kier molecular flexibility index (Phi) is 4.23. The highest BCUT2D eigenvalue weighted by Gasteiger charge is 2.21. The molecular formula is C16H14O5. The van der Waals surface area contributed by atoms with Gasteiger partial charge in [0.05, 0.1) is 19.8 Å². The molecule has 0 amide bonds. The number of hydrogen-bond acceptors (Lipinski definition) is 5. The number of aromatic hydroxyl groups is 1. The minimum absolute atomic E-state index is 0.0587. The molecule has 0 fully saturated rings. The van der Waals surface area contributed by atoms with Crippen LogP contribution in [0.5, 0.6) is 17.2 Å². The number of Topliss-reactive ketones (excluding diaryl/α,β-unsaturated/α-hetero) is 2. The second-order valence-corrected chi connectivity index (χ2v) is 4.27. The summed E-state index contributed by atoms with van der Waals surface area (Å²) in [5.74, 6) is -0.771. The van der Waals surface area contributed by atoms with E-state index in [0.29, 0.717) is 11.5 Å². The number of carbonyl (C=O) groups excluding carboxylic acids is 2. The van der Waals surface area contributed by atoms with E-state index in [-0.39, 0.29) is 16.9 Å². The fourth-order valence-corrected chi connectivity index (χ4v) is 1.83. The quantitative estimate of drug-likeness (QED) is 0.675. The second kappa shape index (κ2) is 6.09. The molecule has 5 nitrogen and oxygen atoms in total. The number of phenols is 1. The number of rotatable bonds is 5. The molecule has 0 spiro atoms. The summed E-state index contributed by atoms with van der Waals surface area (Å²) in [6.07, 6.45) is 0. The second-order valence-electron chi connectivity index (χ2n) is 4.27. The predicted molar refractivity (Wildman–Crippen MR) is 76.3 cm³/mol. The molecule has 0 radical (unpaired) electrons. The van der Waals surface area contributed by atoms with Crippen LogP contribution < -0.4 is 9.47 Å². The molecule has 21 heavy (non-hydrogen) atoms. The topological polar surface area (TPSA) is 72.8 Å². The Hall–Kier alpha value is -2.82. The average Bonchev–Trinajstić information content (AvgIpc) is 2.53. The molecular weight excluding hydrogens is 272 g/mol. The van der Waals surface area contributed by atoms with Gasteiger partial charge in [-0.15, -0.1) is 0 Å². The summed E-state index contributed by atoms with van der Waals surface area (Å²) in [7, 11) is 2.95. The molecule has 0 unspecified atom stereocenters. The Labute approximate surface area is 121 Å². The van der Waals surface area contributed by atoms with Crippen molar-refractivity contribution in [1.82, 2.24) is 0 Å². The number of hydrogen-bond donors (Lipinski definition) is 1. The number of ketones is 2. The standard InChI is InChI=1S/C16H14O5/c1-20-11-5-3-10(4-6-11)15(18)16(19)13-8-7-12(21-2)9-14(13)17/h3-9,17H,1-2H3. The molecule has 2 aromatic rings. The Morgan fingerprint density at radius 3 is 1.95 bits per heavy atom. The van der Waals surface area contributed by atoms with E-state index in [4.69, 9.17) is 9.47 Å². The first-order valence-electron chi connectivity index (χ1n) is 6.17. The Bertz CT molecular complexity index is 674. The van der Waals surface area contributed by atoms with Crippen LogP contribution in [0.1, 0.15) is 20.7 Å². The lowest BCUT2D eigenvalue weighted by molar-refractivity contribution is 0.0815. The van der Waals surface area contributed by atoms with Gasteiger partial charge in [0.1, 0.15) is 17.2 Å². The molecule has 0 saturated carbocycles. The SMILES string of the molecule is COc1ccc(C(=O)C(=O)c2ccc(OC)cc2O)cc1. The van der Waals surface area contributed by atoms with E-state index < -0.39 is 11.6 Å². The third-order valence-corrected chi connectivity index (χ3v) is 3.01. The molecule has 1 N–H and O–H groups in total. The van der Waals surface area contributed by atoms with Crippen LogP contribution in [0.25, 0.3) is 0 Å². The van der Waals surface area contributed by atoms with Crippen molar-refractivity contribution in [3.63, 3.8) is 0 Å². The largest absolute Gasteiger partial charge is 0.507 e. The van der Waals surface area contributed by atoms with E-state index in [0.717, 1.165) is 0 Å². The van der Waals surface area contributed by atoms with Crippen LogP contribution in [-0.2, 0) is 0 Å². The number of carbonyl (C=O) groups is 2. The van der Waals surface area contributed by atoms with Crippen LogP contribution in [-0.4, -0.2) is 30.9 Å². The lowest BCUT2D eigenvalue weighted by Gasteiger charge is -2.06. The van der Waals surface area contributed by atoms with E-state index in [1.165, 1.54) is 44.6 Å². The van der Waals surface area contributed by atoms with Crippen molar-refractivity contribution in [2.45, 2.75) is 0 Å². The average molecular weight is 286 g/mol. The fourth-order valence-electron chi connectivity index (χ4n) is 1.83. The lowest BCUT2D eigenvalue weighted by atomic mass is 10.0. The fraction of sp³-hybridized carbons (Fsp3) is 0.125. The highest BCUT2D eigenvalue weighted by molar-refractivity contribution is 6.49. The zero-order valence-corrected chi connectivity index (χ0v) is 11.6. The van der Waals surface area contributed by atoms with Crippen LogP contribution in [0.2, 0.25) is 0 Å². The highest BCUT2D eigenvalue weighted by atomic mass is 16.5. The maximum Gasteiger partial charge on any atom is 0.237 e. The van der Waals surface area contributed by atoms with E-state index >= 15 is 0 Å². The first-order chi connectivity index (χ1) is 10.1. The maximum absolute atomic E-state index is 12.1. The van der Waals surface area contributed by atoms with E-state index in [1.54, 1.807) is 12.1 Å². The minimum Gasteiger partial charge on any atom is -0.507 e. The van der Waals surface area contributed by atoms with Gasteiger partial charge in [0.15, 0.2) is 0 Å². The highest BCUT2D eigenvalue weighted by Crippen LogP contribution is 2.25. The molecule has 0 atom stereocenters. The molecule has 108 valence electrons. The van der Waals surface area contributed by atoms with Gasteiger partial charge >= 0.3 is 0 Å². The van der Waals surface area contributed by atoms with Gasteiger partial charge in [-0.2, -0.15) is 0 Å². The summed E-state index contributed by atoms with van der Waals surface area (Å²) < 4.78 is 9.92. The zero-order chi connectivity index (χ0) is 15.4. The molecule has 5 heteroatoms. The summed E-state index contributed by atoms with van der Waals surface area (Å²) in [6, 6.07) is 10.3. The molecule has 2 aromatic carbocycles. The molecule has 0 aliphatic rings. The van der Waals surface area contributed by atoms with E-state index in [9.17, 15) is 14.7 Å². The van der Waals surface area contributed by atoms with Crippen molar-refractivity contribution in [1.29, 1.82) is 0 Å². The molecule has 2 rings (SSSR count). The molecule has 0 saturated heterocycles. The smallest absolute Gasteiger partial charge is 0.237 e. The van der Waals surface area contributed by atoms with Gasteiger partial charge < -0.3 is 14.6 Å². The van der Waals surface area contributed by atoms with Gasteiger partial charge in [-0.3, -0.25) is 9.59 Å². The normalized spacial score (nSPS) is 10.0. The van der Waals surface area contributed by atoms with Crippen LogP contribution >= 0.6 is 0 Å². The van der Waals surface area contributed by atoms with Crippen molar-refractivity contribution in [3.05, 3.63) is 53.6 Å². The Morgan fingerprint density at radius 1 is 0.857 bits per heavy atom. The zero-order valence-electron chi connectivity index (χ0n) is 11.6. The third kappa shape index (κ3) is 3.02. The third-order valence-electron chi connectivity index (χ3n) is 3.01. The van der Waals surface area contributed by atoms with Gasteiger partial charge in [-0.25, -0.2) is 0 Å². The predicted octanol–water partition coefficient (Wildman–Crippen LogP) is 2.48. The number of benzene rings is 2. The molecule has 0 heterocycles. The van der Waals surface area contributed by atoms with Crippen molar-refractivity contribution in [2.75, 3.05) is 14.2 Å². The van der Waals surface area contributed by atoms with Crippen molar-refractivity contribution in [3.8, 4) is 17.2 Å². The monoisotopic (exact) mass is 286 g/mol. The van der Waals surface area contributed by atoms with Crippen molar-refractivity contribution in [2.24, 2.45) is 0 Å². The summed E-state index contributed by atoms with van der Waals surface area (Å²) in [5, 5.41) is 9.80. The molecule has 0 aliphatic heterocycles. The van der Waals surface area contributed by atoms with Gasteiger partial charge in [-0.05, 0) is 36.4 Å². The van der Waals surface area contributed by atoms with Crippen LogP contribution in [0.3, 0.4) is 0 Å².